The third kappa shape index (κ3) is 1.89. The summed E-state index contributed by atoms with van der Waals surface area (Å²) in [5, 5.41) is 12.0. The first kappa shape index (κ1) is 7.46. The van der Waals surface area contributed by atoms with Crippen LogP contribution in [0.2, 0.25) is 0 Å². The zero-order valence-corrected chi connectivity index (χ0v) is 6.88. The molecule has 0 aromatic carbocycles. The van der Waals surface area contributed by atoms with Crippen molar-refractivity contribution in [2.45, 2.75) is 31.1 Å². The summed E-state index contributed by atoms with van der Waals surface area (Å²) >= 11 is 0. The van der Waals surface area contributed by atoms with Gasteiger partial charge in [-0.25, -0.2) is 0 Å². The monoisotopic (exact) mass is 147 g/mol. The Bertz CT molecular complexity index is 93.7. The van der Waals surface area contributed by atoms with E-state index in [2.05, 4.69) is 14.6 Å². The summed E-state index contributed by atoms with van der Waals surface area (Å²) in [6.45, 7) is 2.87. The van der Waals surface area contributed by atoms with Gasteiger partial charge in [0.25, 0.3) is 0 Å². The summed E-state index contributed by atoms with van der Waals surface area (Å²) in [5.74, 6) is 0. The van der Waals surface area contributed by atoms with E-state index in [1.165, 1.54) is 6.42 Å². The van der Waals surface area contributed by atoms with Crippen molar-refractivity contribution in [2.75, 3.05) is 6.54 Å². The molecule has 0 saturated carbocycles. The van der Waals surface area contributed by atoms with Gasteiger partial charge in [-0.05, 0) is 26.3 Å². The molecule has 2 nitrogen and oxygen atoms in total. The van der Waals surface area contributed by atoms with Gasteiger partial charge in [0.05, 0.1) is 5.34 Å². The molecule has 0 aromatic rings. The second-order valence-electron chi connectivity index (χ2n) is 2.87. The molecule has 1 aliphatic heterocycles. The van der Waals surface area contributed by atoms with Gasteiger partial charge in [0.2, 0.25) is 0 Å². The molecule has 2 unspecified atom stereocenters. The van der Waals surface area contributed by atoms with Gasteiger partial charge in [-0.3, -0.25) is 0 Å². The maximum Gasteiger partial charge on any atom is 0.0902 e. The van der Waals surface area contributed by atoms with Crippen molar-refractivity contribution in [3.05, 3.63) is 0 Å². The quantitative estimate of drug-likeness (QED) is 0.523. The highest BCUT2D eigenvalue weighted by Gasteiger charge is 2.28. The number of hydrogen-bond acceptors (Lipinski definition) is 2. The number of nitrogens with one attached hydrogen (secondary N) is 1. The first-order valence-corrected chi connectivity index (χ1v) is 3.93. The zero-order chi connectivity index (χ0) is 6.91. The molecule has 1 fully saturated rings. The Labute approximate surface area is 58.2 Å². The second kappa shape index (κ2) is 2.53. The normalized spacial score (nSPS) is 34.3. The molecular weight excluding hydrogens is 133 g/mol. The molecule has 3 atom stereocenters. The molecule has 0 radical (unpaired) electrons. The topological polar surface area (TPSA) is 32.3 Å². The van der Waals surface area contributed by atoms with Crippen molar-refractivity contribution in [1.82, 2.24) is 5.32 Å². The maximum atomic E-state index is 9.42. The Morgan fingerprint density at radius 1 is 1.78 bits per heavy atom. The Balaban J connectivity index is 2.42. The molecular formula is C6H14NOP. The fourth-order valence-corrected chi connectivity index (χ4v) is 1.47. The molecule has 0 aliphatic carbocycles. The van der Waals surface area contributed by atoms with Crippen molar-refractivity contribution >= 4 is 9.24 Å². The summed E-state index contributed by atoms with van der Waals surface area (Å²) < 4.78 is 0. The van der Waals surface area contributed by atoms with Crippen LogP contribution in [0.15, 0.2) is 0 Å². The van der Waals surface area contributed by atoms with E-state index >= 15 is 0 Å². The van der Waals surface area contributed by atoms with E-state index in [4.69, 9.17) is 0 Å². The lowest BCUT2D eigenvalue weighted by atomic mass is 10.1. The van der Waals surface area contributed by atoms with Gasteiger partial charge < -0.3 is 10.4 Å². The second-order valence-corrected chi connectivity index (χ2v) is 4.04. The standard InChI is InChI=1S/C6H14NOP/c1-6(8,9)5-3-2-4-7-5/h5,7-8H,2-4,9H2,1H3/t5-,6?/m0/s1. The van der Waals surface area contributed by atoms with Crippen LogP contribution in [0.4, 0.5) is 0 Å². The summed E-state index contributed by atoms with van der Waals surface area (Å²) in [7, 11) is 2.45. The fraction of sp³-hybridized carbons (Fsp3) is 1.00. The molecule has 0 bridgehead atoms. The van der Waals surface area contributed by atoms with Crippen LogP contribution < -0.4 is 5.32 Å². The van der Waals surface area contributed by atoms with Crippen LogP contribution in [0.25, 0.3) is 0 Å². The number of rotatable bonds is 1. The Hall–Kier alpha value is 0.350. The lowest BCUT2D eigenvalue weighted by Crippen LogP contribution is -2.40. The fourth-order valence-electron chi connectivity index (χ4n) is 1.18. The molecule has 1 saturated heterocycles. The van der Waals surface area contributed by atoms with E-state index in [0.29, 0.717) is 0 Å². The van der Waals surface area contributed by atoms with Gasteiger partial charge in [-0.2, -0.15) is 0 Å². The molecule has 1 heterocycles. The minimum atomic E-state index is -0.615. The van der Waals surface area contributed by atoms with Crippen molar-refractivity contribution in [2.24, 2.45) is 0 Å². The van der Waals surface area contributed by atoms with Gasteiger partial charge in [0.15, 0.2) is 0 Å². The van der Waals surface area contributed by atoms with Gasteiger partial charge in [0.1, 0.15) is 0 Å². The molecule has 0 amide bonds. The summed E-state index contributed by atoms with van der Waals surface area (Å²) in [6, 6.07) is 0.280. The predicted octanol–water partition coefficient (Wildman–Crippen LogP) is 0.322. The highest BCUT2D eigenvalue weighted by Crippen LogP contribution is 2.24. The molecule has 1 rings (SSSR count). The van der Waals surface area contributed by atoms with Crippen LogP contribution >= 0.6 is 9.24 Å². The van der Waals surface area contributed by atoms with E-state index in [0.717, 1.165) is 13.0 Å². The van der Waals surface area contributed by atoms with Crippen LogP contribution in [0, 0.1) is 0 Å². The first-order chi connectivity index (χ1) is 4.11. The molecule has 0 aromatic heterocycles. The third-order valence-electron chi connectivity index (χ3n) is 1.77. The zero-order valence-electron chi connectivity index (χ0n) is 5.72. The van der Waals surface area contributed by atoms with Crippen LogP contribution in [-0.2, 0) is 0 Å². The average molecular weight is 147 g/mol. The maximum absolute atomic E-state index is 9.42. The van der Waals surface area contributed by atoms with E-state index in [-0.39, 0.29) is 6.04 Å². The van der Waals surface area contributed by atoms with Gasteiger partial charge >= 0.3 is 0 Å². The summed E-state index contributed by atoms with van der Waals surface area (Å²) in [6.07, 6.45) is 2.28. The highest BCUT2D eigenvalue weighted by molar-refractivity contribution is 7.18. The molecule has 3 heteroatoms. The van der Waals surface area contributed by atoms with Crippen LogP contribution in [-0.4, -0.2) is 23.0 Å². The Morgan fingerprint density at radius 3 is 2.67 bits per heavy atom. The minimum Gasteiger partial charge on any atom is -0.385 e. The molecule has 1 aliphatic rings. The van der Waals surface area contributed by atoms with Crippen LogP contribution in [0.3, 0.4) is 0 Å². The van der Waals surface area contributed by atoms with Crippen molar-refractivity contribution in [3.63, 3.8) is 0 Å². The Morgan fingerprint density at radius 2 is 2.44 bits per heavy atom. The number of aliphatic hydroxyl groups is 1. The molecule has 54 valence electrons. The molecule has 9 heavy (non-hydrogen) atoms. The van der Waals surface area contributed by atoms with Crippen LogP contribution in [0.1, 0.15) is 19.8 Å². The first-order valence-electron chi connectivity index (χ1n) is 3.35. The van der Waals surface area contributed by atoms with E-state index in [1.54, 1.807) is 0 Å². The smallest absolute Gasteiger partial charge is 0.0902 e. The Kier molecular flexibility index (Phi) is 2.10. The largest absolute Gasteiger partial charge is 0.385 e. The van der Waals surface area contributed by atoms with E-state index in [9.17, 15) is 5.11 Å². The van der Waals surface area contributed by atoms with Gasteiger partial charge in [0, 0.05) is 6.04 Å². The van der Waals surface area contributed by atoms with E-state index in [1.807, 2.05) is 6.92 Å². The molecule has 2 N–H and O–H groups in total. The van der Waals surface area contributed by atoms with Crippen LogP contribution in [0.5, 0.6) is 0 Å². The highest BCUT2D eigenvalue weighted by atomic mass is 31.0. The lowest BCUT2D eigenvalue weighted by Gasteiger charge is -2.24. The SMILES string of the molecule is CC(O)(P)[C@@H]1CCCN1. The summed E-state index contributed by atoms with van der Waals surface area (Å²) in [5.41, 5.74) is 0. The van der Waals surface area contributed by atoms with Crippen molar-refractivity contribution in [1.29, 1.82) is 0 Å². The van der Waals surface area contributed by atoms with Gasteiger partial charge in [-0.15, -0.1) is 9.24 Å². The van der Waals surface area contributed by atoms with Crippen molar-refractivity contribution < 1.29 is 5.11 Å². The third-order valence-corrected chi connectivity index (χ3v) is 2.17. The minimum absolute atomic E-state index is 0.280. The predicted molar refractivity (Wildman–Crippen MR) is 41.4 cm³/mol. The van der Waals surface area contributed by atoms with Gasteiger partial charge in [-0.1, -0.05) is 0 Å². The average Bonchev–Trinajstić information content (AvgIpc) is 2.08. The molecule has 0 spiro atoms. The van der Waals surface area contributed by atoms with E-state index < -0.39 is 5.34 Å². The number of hydrogen-bond donors (Lipinski definition) is 2. The summed E-state index contributed by atoms with van der Waals surface area (Å²) in [4.78, 5) is 0. The van der Waals surface area contributed by atoms with Crippen molar-refractivity contribution in [3.8, 4) is 0 Å². The lowest BCUT2D eigenvalue weighted by molar-refractivity contribution is 0.117.